The Hall–Kier alpha value is -2.96. The van der Waals surface area contributed by atoms with Crippen LogP contribution in [0.3, 0.4) is 0 Å². The van der Waals surface area contributed by atoms with Crippen molar-refractivity contribution in [3.05, 3.63) is 12.7 Å². The molecule has 1 heterocycles. The van der Waals surface area contributed by atoms with Crippen molar-refractivity contribution < 1.29 is 32.4 Å². The van der Waals surface area contributed by atoms with E-state index in [1.807, 2.05) is 20.8 Å². The second kappa shape index (κ2) is 14.1. The first-order valence-corrected chi connectivity index (χ1v) is 19.3. The monoisotopic (exact) mass is 691 g/mol. The topological polar surface area (TPSA) is 171 Å². The lowest BCUT2D eigenvalue weighted by Gasteiger charge is -2.41. The summed E-state index contributed by atoms with van der Waals surface area (Å²) in [5.74, 6) is -2.41. The van der Waals surface area contributed by atoms with Crippen molar-refractivity contribution in [2.75, 3.05) is 18.8 Å². The molecule has 4 aliphatic rings. The second-order valence-electron chi connectivity index (χ2n) is 16.6. The molecule has 4 fully saturated rings. The smallest absolute Gasteiger partial charge is 0.315 e. The van der Waals surface area contributed by atoms with E-state index in [0.29, 0.717) is 25.8 Å². The van der Waals surface area contributed by atoms with Gasteiger partial charge in [-0.15, -0.1) is 6.58 Å². The normalized spacial score (nSPS) is 25.7. The lowest BCUT2D eigenvalue weighted by Crippen LogP contribution is -2.64. The molecule has 3 aliphatic carbocycles. The van der Waals surface area contributed by atoms with Crippen molar-refractivity contribution in [2.45, 2.75) is 129 Å². The van der Waals surface area contributed by atoms with Gasteiger partial charge in [0.15, 0.2) is 9.84 Å². The van der Waals surface area contributed by atoms with Gasteiger partial charge in [0.05, 0.1) is 22.6 Å². The summed E-state index contributed by atoms with van der Waals surface area (Å²) in [7, 11) is -3.46. The zero-order valence-electron chi connectivity index (χ0n) is 29.8. The van der Waals surface area contributed by atoms with E-state index in [1.165, 1.54) is 11.0 Å². The number of hydrogen-bond acceptors (Lipinski definition) is 7. The molecule has 4 N–H and O–H groups in total. The van der Waals surface area contributed by atoms with Gasteiger partial charge < -0.3 is 26.2 Å². The fourth-order valence-electron chi connectivity index (χ4n) is 7.71. The Balaban J connectivity index is 1.54. The van der Waals surface area contributed by atoms with Crippen LogP contribution in [0.15, 0.2) is 12.7 Å². The van der Waals surface area contributed by atoms with Crippen LogP contribution in [0.5, 0.6) is 0 Å². The highest BCUT2D eigenvalue weighted by Gasteiger charge is 2.70. The Morgan fingerprint density at radius 1 is 1.00 bits per heavy atom. The van der Waals surface area contributed by atoms with Crippen LogP contribution in [-0.4, -0.2) is 90.6 Å². The predicted molar refractivity (Wildman–Crippen MR) is 183 cm³/mol. The Morgan fingerprint density at radius 3 is 2.17 bits per heavy atom. The largest absolute Gasteiger partial charge is 0.346 e. The van der Waals surface area contributed by atoms with Gasteiger partial charge in [-0.05, 0) is 61.7 Å². The van der Waals surface area contributed by atoms with Crippen molar-refractivity contribution in [1.29, 1.82) is 0 Å². The van der Waals surface area contributed by atoms with Crippen LogP contribution in [0.25, 0.3) is 0 Å². The zero-order valence-corrected chi connectivity index (χ0v) is 30.6. The van der Waals surface area contributed by atoms with Gasteiger partial charge in [-0.25, -0.2) is 13.2 Å². The van der Waals surface area contributed by atoms with Gasteiger partial charge >= 0.3 is 6.03 Å². The average molecular weight is 692 g/mol. The number of carbonyl (C=O) groups is 5. The minimum Gasteiger partial charge on any atom is -0.346 e. The predicted octanol–water partition coefficient (Wildman–Crippen LogP) is 2.87. The van der Waals surface area contributed by atoms with Gasteiger partial charge in [0.25, 0.3) is 5.91 Å². The van der Waals surface area contributed by atoms with E-state index < -0.39 is 73.7 Å². The molecule has 0 aromatic rings. The van der Waals surface area contributed by atoms with Crippen LogP contribution in [0.2, 0.25) is 0 Å². The molecule has 48 heavy (non-hydrogen) atoms. The van der Waals surface area contributed by atoms with E-state index in [-0.39, 0.29) is 35.5 Å². The van der Waals surface area contributed by atoms with Crippen LogP contribution < -0.4 is 21.3 Å². The van der Waals surface area contributed by atoms with Gasteiger partial charge in [-0.3, -0.25) is 19.2 Å². The van der Waals surface area contributed by atoms with Crippen molar-refractivity contribution in [2.24, 2.45) is 28.6 Å². The minimum atomic E-state index is -3.46. The van der Waals surface area contributed by atoms with E-state index in [4.69, 9.17) is 0 Å². The molecule has 0 aromatic carbocycles. The van der Waals surface area contributed by atoms with Crippen molar-refractivity contribution in [3.8, 4) is 0 Å². The lowest BCUT2D eigenvalue weighted by atomic mass is 9.83. The van der Waals surface area contributed by atoms with Crippen LogP contribution >= 0.6 is 0 Å². The number of likely N-dealkylation sites (tertiary alicyclic amines) is 1. The van der Waals surface area contributed by atoms with Gasteiger partial charge in [-0.1, -0.05) is 72.8 Å². The van der Waals surface area contributed by atoms with Crippen molar-refractivity contribution in [3.63, 3.8) is 0 Å². The summed E-state index contributed by atoms with van der Waals surface area (Å²) in [6.45, 7) is 16.9. The fourth-order valence-corrected chi connectivity index (χ4v) is 9.17. The molecule has 12 nitrogen and oxygen atoms in total. The second-order valence-corrected chi connectivity index (χ2v) is 19.1. The first-order chi connectivity index (χ1) is 22.2. The molecular formula is C35H57N5O7S. The average Bonchev–Trinajstić information content (AvgIpc) is 3.84. The number of ketones is 1. The number of piperidine rings is 1. The van der Waals surface area contributed by atoms with Crippen LogP contribution in [-0.2, 0) is 29.0 Å². The zero-order chi connectivity index (χ0) is 35.8. The number of nitrogens with one attached hydrogen (secondary N) is 4. The van der Waals surface area contributed by atoms with Gasteiger partial charge in [0.2, 0.25) is 17.6 Å². The SMILES string of the molecule is C=CCNC(=O)C(=O)C(CC1CC1)NC(=O)[C@@H]1[C@@H]2[C@H](CN1C(=O)[C@@H](NC(=O)NC1(CS(=O)(=O)C(C)C)CCCCC1)C(C)(C)C)C2(C)C. The standard InChI is InChI=1S/C35H57N5O7S/c1-9-17-36-30(43)27(41)24(18-22-13-14-22)37-29(42)26-25-23(34(25,7)8)19-40(26)31(44)28(33(4,5)6)38-32(45)39-35(15-11-10-12-16-35)20-48(46,47)21(2)3/h9,21-26,28H,1,10-20H2,2-8H3,(H,36,43)(H,37,42)(H2,38,39,45)/t23-,24?,25-,26-,28+/m0/s1. The molecule has 1 aliphatic heterocycles. The number of sulfone groups is 1. The highest BCUT2D eigenvalue weighted by molar-refractivity contribution is 7.92. The van der Waals surface area contributed by atoms with Crippen LogP contribution in [0.1, 0.15) is 99.8 Å². The van der Waals surface area contributed by atoms with Gasteiger partial charge in [0, 0.05) is 13.1 Å². The molecule has 0 aromatic heterocycles. The van der Waals surface area contributed by atoms with E-state index in [9.17, 15) is 32.4 Å². The molecule has 5 atom stereocenters. The molecule has 1 unspecified atom stereocenters. The number of hydrogen-bond donors (Lipinski definition) is 4. The Kier molecular flexibility index (Phi) is 11.1. The third-order valence-corrected chi connectivity index (χ3v) is 13.5. The molecule has 5 amide bonds. The molecule has 1 saturated heterocycles. The summed E-state index contributed by atoms with van der Waals surface area (Å²) in [6, 6.07) is -3.53. The highest BCUT2D eigenvalue weighted by atomic mass is 32.2. The minimum absolute atomic E-state index is 0.0619. The van der Waals surface area contributed by atoms with Crippen molar-refractivity contribution in [1.82, 2.24) is 26.2 Å². The molecular weight excluding hydrogens is 634 g/mol. The van der Waals surface area contributed by atoms with Crippen LogP contribution in [0.4, 0.5) is 4.79 Å². The Bertz CT molecular complexity index is 1390. The number of urea groups is 1. The van der Waals surface area contributed by atoms with Crippen LogP contribution in [0, 0.1) is 28.6 Å². The molecule has 13 heteroatoms. The Labute approximate surface area is 286 Å². The summed E-state index contributed by atoms with van der Waals surface area (Å²) < 4.78 is 26.0. The molecule has 0 spiro atoms. The molecule has 0 bridgehead atoms. The number of carbonyl (C=O) groups excluding carboxylic acids is 5. The third-order valence-electron chi connectivity index (χ3n) is 11.1. The number of nitrogens with zero attached hydrogens (tertiary/aromatic N) is 1. The summed E-state index contributed by atoms with van der Waals surface area (Å²) in [5, 5.41) is 10.6. The first kappa shape index (κ1) is 37.9. The molecule has 0 radical (unpaired) electrons. The maximum atomic E-state index is 14.4. The number of amides is 5. The summed E-state index contributed by atoms with van der Waals surface area (Å²) >= 11 is 0. The maximum absolute atomic E-state index is 14.4. The summed E-state index contributed by atoms with van der Waals surface area (Å²) in [4.78, 5) is 69.4. The third kappa shape index (κ3) is 8.42. The maximum Gasteiger partial charge on any atom is 0.315 e. The van der Waals surface area contributed by atoms with Gasteiger partial charge in [0.1, 0.15) is 12.1 Å². The molecule has 3 saturated carbocycles. The lowest BCUT2D eigenvalue weighted by molar-refractivity contribution is -0.145. The highest BCUT2D eigenvalue weighted by Crippen LogP contribution is 2.65. The molecule has 270 valence electrons. The van der Waals surface area contributed by atoms with Gasteiger partial charge in [-0.2, -0.15) is 0 Å². The summed E-state index contributed by atoms with van der Waals surface area (Å²) in [6.07, 6.45) is 7.26. The number of fused-ring (bicyclic) bond motifs is 1. The molecule has 4 rings (SSSR count). The number of Topliss-reactive ketones (excluding diaryl/α,β-unsaturated/α-hetero) is 1. The summed E-state index contributed by atoms with van der Waals surface area (Å²) in [5.41, 5.74) is -1.89. The van der Waals surface area contributed by atoms with E-state index in [1.54, 1.807) is 13.8 Å². The van der Waals surface area contributed by atoms with E-state index in [2.05, 4.69) is 41.7 Å². The quantitative estimate of drug-likeness (QED) is 0.160. The van der Waals surface area contributed by atoms with E-state index in [0.717, 1.165) is 32.1 Å². The van der Waals surface area contributed by atoms with Crippen molar-refractivity contribution >= 4 is 39.4 Å². The first-order valence-electron chi connectivity index (χ1n) is 17.6. The number of rotatable bonds is 14. The Morgan fingerprint density at radius 2 is 1.62 bits per heavy atom. The van der Waals surface area contributed by atoms with E-state index >= 15 is 0 Å². The fraction of sp³-hybridized carbons (Fsp3) is 0.800.